The second kappa shape index (κ2) is 52.2. The Hall–Kier alpha value is -12.7. The van der Waals surface area contributed by atoms with Gasteiger partial charge in [-0.05, 0) is 374 Å². The summed E-state index contributed by atoms with van der Waals surface area (Å²) >= 11 is 12.9. The normalized spacial score (nSPS) is 14.6. The SMILES string of the molecule is CC(=O)c1ccc(C(=C2CCNCC2)c2cc(C)cc(Cl)c2)cc1.CC(=O)c1ccc(C(=C2CCNCC2)c2ccc(C)cc2)cc1.CC(=O)c1ccc(C(=C2CCNCC2)c2ccc(C)cc2)cc1.CC(=O)c1ccc(C(=C2CCNCC2)c2ccc(C)cc2Cl)cc1.CC(=O)c1ccc(C(=C2CCNCC2)c2ccc(F)c(C)c2)cc1.CC(=O)c1ccc(C(=C2CCNCC2)c2ccccc2F)cc1. The number of ketones is 6. The van der Waals surface area contributed by atoms with E-state index in [1.54, 1.807) is 54.5 Å². The number of hydrogen-bond donors (Lipinski definition) is 6. The van der Waals surface area contributed by atoms with E-state index >= 15 is 0 Å². The maximum absolute atomic E-state index is 14.4. The highest BCUT2D eigenvalue weighted by Gasteiger charge is 2.25. The second-order valence-electron chi connectivity index (χ2n) is 37.3. The summed E-state index contributed by atoms with van der Waals surface area (Å²) < 4.78 is 28.1. The summed E-state index contributed by atoms with van der Waals surface area (Å²) in [7, 11) is 0. The Morgan fingerprint density at radius 2 is 0.447 bits per heavy atom. The van der Waals surface area contributed by atoms with E-state index in [-0.39, 0.29) is 46.3 Å². The molecule has 16 heteroatoms. The summed E-state index contributed by atoms with van der Waals surface area (Å²) in [6.45, 7) is 31.6. The van der Waals surface area contributed by atoms with Gasteiger partial charge in [-0.1, -0.05) is 304 Å². The van der Waals surface area contributed by atoms with Crippen LogP contribution in [0.5, 0.6) is 0 Å². The van der Waals surface area contributed by atoms with E-state index in [1.165, 1.54) is 107 Å². The maximum Gasteiger partial charge on any atom is 0.159 e. The molecule has 6 aliphatic rings. The van der Waals surface area contributed by atoms with Gasteiger partial charge >= 0.3 is 0 Å². The molecular formula is C125H132Cl2F2N6O6. The Kier molecular flexibility index (Phi) is 39.1. The summed E-state index contributed by atoms with van der Waals surface area (Å²) in [5.74, 6) is 0.131. The number of halogens is 4. The smallest absolute Gasteiger partial charge is 0.159 e. The number of piperidine rings is 6. The van der Waals surface area contributed by atoms with Crippen molar-refractivity contribution >= 4 is 91.3 Å². The zero-order valence-corrected chi connectivity index (χ0v) is 84.9. The van der Waals surface area contributed by atoms with Crippen LogP contribution in [0.2, 0.25) is 10.0 Å². The molecule has 0 unspecified atom stereocenters. The van der Waals surface area contributed by atoms with Crippen molar-refractivity contribution in [2.24, 2.45) is 0 Å². The molecule has 12 aromatic carbocycles. The topological polar surface area (TPSA) is 175 Å². The zero-order valence-electron chi connectivity index (χ0n) is 83.4. The molecule has 18 rings (SSSR count). The Labute approximate surface area is 842 Å². The van der Waals surface area contributed by atoms with Crippen LogP contribution in [0.4, 0.5) is 8.78 Å². The molecule has 6 fully saturated rings. The highest BCUT2D eigenvalue weighted by atomic mass is 35.5. The fourth-order valence-electron chi connectivity index (χ4n) is 19.1. The van der Waals surface area contributed by atoms with Crippen LogP contribution in [-0.2, 0) is 0 Å². The maximum atomic E-state index is 14.4. The van der Waals surface area contributed by atoms with Gasteiger partial charge < -0.3 is 31.9 Å². The van der Waals surface area contributed by atoms with E-state index in [0.29, 0.717) is 22.3 Å². The average molecular weight is 1920 g/mol. The van der Waals surface area contributed by atoms with Crippen LogP contribution in [0.25, 0.3) is 33.4 Å². The molecule has 0 aromatic heterocycles. The first kappa shape index (κ1) is 106. The van der Waals surface area contributed by atoms with Crippen LogP contribution in [0.3, 0.4) is 0 Å². The third-order valence-electron chi connectivity index (χ3n) is 26.8. The molecule has 0 bridgehead atoms. The number of carbonyl (C=O) groups excluding carboxylic acids is 6. The molecule has 6 aliphatic heterocycles. The van der Waals surface area contributed by atoms with Gasteiger partial charge in [0.15, 0.2) is 34.7 Å². The largest absolute Gasteiger partial charge is 0.316 e. The van der Waals surface area contributed by atoms with Crippen LogP contribution in [0.1, 0.15) is 275 Å². The molecule has 12 aromatic rings. The lowest BCUT2D eigenvalue weighted by atomic mass is 9.88. The Morgan fingerprint density at radius 1 is 0.213 bits per heavy atom. The predicted octanol–water partition coefficient (Wildman–Crippen LogP) is 27.6. The fourth-order valence-corrected chi connectivity index (χ4v) is 19.7. The molecule has 0 radical (unpaired) electrons. The first-order valence-electron chi connectivity index (χ1n) is 49.6. The van der Waals surface area contributed by atoms with Gasteiger partial charge in [-0.15, -0.1) is 0 Å². The molecule has 0 amide bonds. The van der Waals surface area contributed by atoms with Crippen LogP contribution in [0, 0.1) is 46.3 Å². The van der Waals surface area contributed by atoms with Gasteiger partial charge in [0.25, 0.3) is 0 Å². The van der Waals surface area contributed by atoms with Crippen molar-refractivity contribution in [2.45, 2.75) is 153 Å². The number of rotatable bonds is 18. The lowest BCUT2D eigenvalue weighted by molar-refractivity contribution is 0.100. The number of nitrogens with one attached hydrogen (secondary N) is 6. The lowest BCUT2D eigenvalue weighted by Crippen LogP contribution is -2.24. The van der Waals surface area contributed by atoms with E-state index < -0.39 is 0 Å². The third kappa shape index (κ3) is 29.5. The van der Waals surface area contributed by atoms with Gasteiger partial charge in [0.2, 0.25) is 0 Å². The van der Waals surface area contributed by atoms with Gasteiger partial charge in [0.1, 0.15) is 11.6 Å². The molecule has 6 N–H and O–H groups in total. The highest BCUT2D eigenvalue weighted by molar-refractivity contribution is 6.33. The first-order valence-corrected chi connectivity index (χ1v) is 50.3. The summed E-state index contributed by atoms with van der Waals surface area (Å²) in [5, 5.41) is 21.9. The van der Waals surface area contributed by atoms with E-state index in [1.807, 2.05) is 152 Å². The van der Waals surface area contributed by atoms with Gasteiger partial charge in [0, 0.05) is 54.6 Å². The number of hydrogen-bond acceptors (Lipinski definition) is 12. The molecular weight excluding hydrogens is 1790 g/mol. The van der Waals surface area contributed by atoms with Crippen molar-refractivity contribution in [3.8, 4) is 0 Å². The lowest BCUT2D eigenvalue weighted by Gasteiger charge is -2.22. The third-order valence-corrected chi connectivity index (χ3v) is 27.4. The van der Waals surface area contributed by atoms with E-state index in [9.17, 15) is 37.5 Å². The molecule has 12 nitrogen and oxygen atoms in total. The summed E-state index contributed by atoms with van der Waals surface area (Å²) in [5.41, 5.74) is 39.0. The van der Waals surface area contributed by atoms with Gasteiger partial charge in [-0.3, -0.25) is 28.8 Å². The van der Waals surface area contributed by atoms with Crippen molar-refractivity contribution < 1.29 is 37.5 Å². The Balaban J connectivity index is 0.000000142. The predicted molar refractivity (Wildman–Crippen MR) is 580 cm³/mol. The second-order valence-corrected chi connectivity index (χ2v) is 38.2. The van der Waals surface area contributed by atoms with Crippen molar-refractivity contribution in [3.63, 3.8) is 0 Å². The monoisotopic (exact) mass is 1920 g/mol. The molecule has 141 heavy (non-hydrogen) atoms. The Bertz CT molecular complexity index is 6450. The summed E-state index contributed by atoms with van der Waals surface area (Å²) in [6, 6.07) is 89.3. The molecule has 0 aliphatic carbocycles. The van der Waals surface area contributed by atoms with Crippen LogP contribution >= 0.6 is 23.2 Å². The average Bonchev–Trinajstić information content (AvgIpc) is 0.991. The van der Waals surface area contributed by atoms with Gasteiger partial charge in [-0.2, -0.15) is 0 Å². The highest BCUT2D eigenvalue weighted by Crippen LogP contribution is 2.41. The summed E-state index contributed by atoms with van der Waals surface area (Å²) in [6.07, 6.45) is 12.2. The first-order chi connectivity index (χ1) is 68.1. The standard InChI is InChI=1S/2C21H22ClNO.C21H22FNO.2C21H23NO.C20H20FNO/c1-14-3-8-19(20(22)13-14)21(18-9-11-23-12-10-18)17-6-4-16(5-7-17)15(2)24;1-14-11-19(13-20(22)12-14)21(18-7-9-23-10-8-18)17-5-3-16(4-6-17)15(2)24;1-14-13-19(7-8-20(14)22)21(18-9-11-23-12-10-18)17-5-3-16(4-6-17)15(2)24;2*1-15-3-5-18(6-4-15)21(20-11-13-22-14-12-20)19-9-7-17(8-10-19)16(2)23;1-14(23)15-6-8-16(9-7-15)20(17-10-12-22-13-11-17)18-4-2-3-5-19(18)21/h3-8,13,23H,9-12H2,1-2H3;3-6,11-13,23H,7-10H2,1-2H3;3-8,13,23H,9-12H2,1-2H3;2*3-10,22H,11-14H2,1-2H3;2-9,22H,10-13H2,1H3. The van der Waals surface area contributed by atoms with Gasteiger partial charge in [0.05, 0.1) is 0 Å². The minimum Gasteiger partial charge on any atom is -0.316 e. The van der Waals surface area contributed by atoms with E-state index in [0.717, 1.165) is 244 Å². The fraction of sp³-hybridized carbons (Fsp3) is 0.280. The molecule has 0 atom stereocenters. The van der Waals surface area contributed by atoms with Crippen molar-refractivity contribution in [3.05, 3.63) is 456 Å². The molecule has 0 spiro atoms. The number of carbonyl (C=O) groups is 6. The summed E-state index contributed by atoms with van der Waals surface area (Å²) in [4.78, 5) is 69.1. The molecule has 6 saturated heterocycles. The molecule has 6 heterocycles. The minimum absolute atomic E-state index is 0.0403. The zero-order chi connectivity index (χ0) is 100. The molecule has 0 saturated carbocycles. The van der Waals surface area contributed by atoms with Crippen LogP contribution in [0.15, 0.2) is 306 Å². The van der Waals surface area contributed by atoms with Gasteiger partial charge in [-0.25, -0.2) is 8.78 Å². The van der Waals surface area contributed by atoms with Crippen molar-refractivity contribution in [1.29, 1.82) is 0 Å². The van der Waals surface area contributed by atoms with E-state index in [2.05, 4.69) is 163 Å². The van der Waals surface area contributed by atoms with Crippen LogP contribution in [-0.4, -0.2) is 113 Å². The number of Topliss-reactive ketones (excluding diaryl/α,β-unsaturated/α-hetero) is 6. The number of aryl methyl sites for hydroxylation is 5. The van der Waals surface area contributed by atoms with Crippen LogP contribution < -0.4 is 31.9 Å². The minimum atomic E-state index is -0.204. The Morgan fingerprint density at radius 3 is 0.716 bits per heavy atom. The van der Waals surface area contributed by atoms with Crippen molar-refractivity contribution in [1.82, 2.24) is 31.9 Å². The van der Waals surface area contributed by atoms with E-state index in [4.69, 9.17) is 23.2 Å². The molecule has 726 valence electrons. The number of benzene rings is 12. The quantitative estimate of drug-likeness (QED) is 0.0450. The van der Waals surface area contributed by atoms with Crippen molar-refractivity contribution in [2.75, 3.05) is 78.5 Å².